The lowest BCUT2D eigenvalue weighted by Gasteiger charge is -2.21. The zero-order chi connectivity index (χ0) is 14.5. The number of nitrogens with one attached hydrogen (secondary N) is 1. The molecule has 3 heteroatoms. The van der Waals surface area contributed by atoms with E-state index in [2.05, 4.69) is 36.5 Å². The largest absolute Gasteiger partial charge is 0.370 e. The fourth-order valence-corrected chi connectivity index (χ4v) is 2.16. The Kier molecular flexibility index (Phi) is 4.74. The Balaban J connectivity index is 2.10. The van der Waals surface area contributed by atoms with Crippen molar-refractivity contribution in [2.75, 3.05) is 19.0 Å². The van der Waals surface area contributed by atoms with E-state index >= 15 is 0 Å². The zero-order valence-electron chi connectivity index (χ0n) is 12.2. The number of rotatable bonds is 5. The lowest BCUT2D eigenvalue weighted by Crippen LogP contribution is -2.17. The highest BCUT2D eigenvalue weighted by molar-refractivity contribution is 5.48. The second-order valence-electron chi connectivity index (χ2n) is 5.05. The molecular formula is C17H21FN2. The summed E-state index contributed by atoms with van der Waals surface area (Å²) in [5.74, 6) is -0.153. The monoisotopic (exact) mass is 272 g/mol. The van der Waals surface area contributed by atoms with Crippen LogP contribution in [0.4, 0.5) is 10.1 Å². The summed E-state index contributed by atoms with van der Waals surface area (Å²) in [5.41, 5.74) is 3.04. The van der Waals surface area contributed by atoms with Crippen molar-refractivity contribution in [2.45, 2.75) is 19.5 Å². The third-order valence-corrected chi connectivity index (χ3v) is 3.63. The van der Waals surface area contributed by atoms with Crippen molar-refractivity contribution in [3.8, 4) is 0 Å². The maximum Gasteiger partial charge on any atom is 0.128 e. The van der Waals surface area contributed by atoms with Crippen molar-refractivity contribution in [1.29, 1.82) is 0 Å². The van der Waals surface area contributed by atoms with Crippen LogP contribution in [0.15, 0.2) is 48.5 Å². The van der Waals surface area contributed by atoms with Gasteiger partial charge >= 0.3 is 0 Å². The van der Waals surface area contributed by atoms with Gasteiger partial charge in [-0.15, -0.1) is 0 Å². The fraction of sp³-hybridized carbons (Fsp3) is 0.294. The van der Waals surface area contributed by atoms with Gasteiger partial charge in [0.05, 0.1) is 0 Å². The van der Waals surface area contributed by atoms with E-state index < -0.39 is 0 Å². The highest BCUT2D eigenvalue weighted by atomic mass is 19.1. The number of hydrogen-bond donors (Lipinski definition) is 1. The van der Waals surface area contributed by atoms with E-state index in [4.69, 9.17) is 0 Å². The first-order chi connectivity index (χ1) is 9.61. The van der Waals surface area contributed by atoms with Gasteiger partial charge in [0.2, 0.25) is 0 Å². The average Bonchev–Trinajstić information content (AvgIpc) is 2.49. The Morgan fingerprint density at radius 3 is 2.35 bits per heavy atom. The maximum absolute atomic E-state index is 13.6. The first kappa shape index (κ1) is 14.5. The molecule has 0 heterocycles. The summed E-state index contributed by atoms with van der Waals surface area (Å²) in [4.78, 5) is 2.05. The Morgan fingerprint density at radius 2 is 1.75 bits per heavy atom. The van der Waals surface area contributed by atoms with Crippen LogP contribution in [0.2, 0.25) is 0 Å². The van der Waals surface area contributed by atoms with E-state index in [0.717, 1.165) is 5.69 Å². The number of hydrogen-bond acceptors (Lipinski definition) is 2. The second kappa shape index (κ2) is 6.53. The van der Waals surface area contributed by atoms with Crippen LogP contribution in [0.5, 0.6) is 0 Å². The van der Waals surface area contributed by atoms with Gasteiger partial charge < -0.3 is 10.2 Å². The van der Waals surface area contributed by atoms with Gasteiger partial charge in [-0.1, -0.05) is 30.3 Å². The van der Waals surface area contributed by atoms with Crippen LogP contribution in [0.3, 0.4) is 0 Å². The molecule has 0 spiro atoms. The van der Waals surface area contributed by atoms with Crippen molar-refractivity contribution in [1.82, 2.24) is 5.32 Å². The number of halogens is 1. The molecule has 2 rings (SSSR count). The number of benzene rings is 2. The van der Waals surface area contributed by atoms with Gasteiger partial charge in [-0.25, -0.2) is 4.39 Å². The fourth-order valence-electron chi connectivity index (χ4n) is 2.16. The summed E-state index contributed by atoms with van der Waals surface area (Å²) in [6, 6.07) is 15.6. The first-order valence-electron chi connectivity index (χ1n) is 6.83. The molecule has 0 saturated heterocycles. The van der Waals surface area contributed by atoms with Crippen molar-refractivity contribution in [3.05, 3.63) is 65.5 Å². The van der Waals surface area contributed by atoms with Crippen molar-refractivity contribution >= 4 is 5.69 Å². The van der Waals surface area contributed by atoms with Crippen LogP contribution < -0.4 is 10.2 Å². The molecule has 1 atom stereocenters. The Morgan fingerprint density at radius 1 is 1.10 bits per heavy atom. The quantitative estimate of drug-likeness (QED) is 0.892. The van der Waals surface area contributed by atoms with E-state index in [1.54, 1.807) is 6.07 Å². The maximum atomic E-state index is 13.6. The molecule has 1 N–H and O–H groups in total. The summed E-state index contributed by atoms with van der Waals surface area (Å²) < 4.78 is 13.6. The van der Waals surface area contributed by atoms with Crippen LogP contribution in [0.25, 0.3) is 0 Å². The smallest absolute Gasteiger partial charge is 0.128 e. The van der Waals surface area contributed by atoms with Crippen LogP contribution in [-0.4, -0.2) is 14.1 Å². The third kappa shape index (κ3) is 3.36. The molecule has 106 valence electrons. The second-order valence-corrected chi connectivity index (χ2v) is 5.05. The predicted molar refractivity (Wildman–Crippen MR) is 82.4 cm³/mol. The van der Waals surface area contributed by atoms with E-state index in [-0.39, 0.29) is 5.82 Å². The molecule has 0 aliphatic carbocycles. The van der Waals surface area contributed by atoms with Crippen LogP contribution in [-0.2, 0) is 6.54 Å². The van der Waals surface area contributed by atoms with Gasteiger partial charge in [0.15, 0.2) is 0 Å². The Labute approximate surface area is 120 Å². The van der Waals surface area contributed by atoms with Crippen molar-refractivity contribution in [3.63, 3.8) is 0 Å². The SMILES string of the molecule is CNC(C)c1ccc(N(C)Cc2ccccc2F)cc1. The molecule has 0 bridgehead atoms. The molecule has 0 amide bonds. The predicted octanol–water partition coefficient (Wildman–Crippen LogP) is 3.74. The highest BCUT2D eigenvalue weighted by Crippen LogP contribution is 2.20. The minimum atomic E-state index is -0.153. The summed E-state index contributed by atoms with van der Waals surface area (Å²) in [6.45, 7) is 2.69. The van der Waals surface area contributed by atoms with Gasteiger partial charge in [0.1, 0.15) is 5.82 Å². The molecule has 2 aromatic carbocycles. The van der Waals surface area contributed by atoms with Crippen LogP contribution in [0, 0.1) is 5.82 Å². The molecule has 0 fully saturated rings. The average molecular weight is 272 g/mol. The molecule has 2 aromatic rings. The van der Waals surface area contributed by atoms with E-state index in [9.17, 15) is 4.39 Å². The standard InChI is InChI=1S/C17H21FN2/c1-13(19-2)14-8-10-16(11-9-14)20(3)12-15-6-4-5-7-17(15)18/h4-11,13,19H,12H2,1-3H3. The van der Waals surface area contributed by atoms with Gasteiger partial charge in [0, 0.05) is 30.9 Å². The normalized spacial score (nSPS) is 12.2. The molecule has 2 nitrogen and oxygen atoms in total. The molecule has 1 unspecified atom stereocenters. The van der Waals surface area contributed by atoms with Gasteiger partial charge in [-0.2, -0.15) is 0 Å². The molecule has 0 radical (unpaired) electrons. The summed E-state index contributed by atoms with van der Waals surface area (Å²) in [6.07, 6.45) is 0. The topological polar surface area (TPSA) is 15.3 Å². The summed E-state index contributed by atoms with van der Waals surface area (Å²) >= 11 is 0. The molecule has 0 aliphatic rings. The minimum Gasteiger partial charge on any atom is -0.370 e. The molecule has 20 heavy (non-hydrogen) atoms. The Hall–Kier alpha value is -1.87. The lowest BCUT2D eigenvalue weighted by molar-refractivity contribution is 0.608. The van der Waals surface area contributed by atoms with Crippen LogP contribution in [0.1, 0.15) is 24.1 Å². The molecule has 0 saturated carbocycles. The minimum absolute atomic E-state index is 0.153. The van der Waals surface area contributed by atoms with E-state index in [1.165, 1.54) is 11.6 Å². The van der Waals surface area contributed by atoms with Crippen molar-refractivity contribution < 1.29 is 4.39 Å². The van der Waals surface area contributed by atoms with Crippen molar-refractivity contribution in [2.24, 2.45) is 0 Å². The summed E-state index contributed by atoms with van der Waals surface area (Å²) in [7, 11) is 3.92. The first-order valence-corrected chi connectivity index (χ1v) is 6.83. The van der Waals surface area contributed by atoms with Gasteiger partial charge in [-0.05, 0) is 37.7 Å². The molecule has 0 aromatic heterocycles. The van der Waals surface area contributed by atoms with E-state index in [0.29, 0.717) is 18.2 Å². The van der Waals surface area contributed by atoms with E-state index in [1.807, 2.05) is 31.1 Å². The number of nitrogens with zero attached hydrogens (tertiary/aromatic N) is 1. The van der Waals surface area contributed by atoms with Gasteiger partial charge in [-0.3, -0.25) is 0 Å². The highest BCUT2D eigenvalue weighted by Gasteiger charge is 2.07. The van der Waals surface area contributed by atoms with Gasteiger partial charge in [0.25, 0.3) is 0 Å². The zero-order valence-corrected chi connectivity index (χ0v) is 12.2. The van der Waals surface area contributed by atoms with Crippen LogP contribution >= 0.6 is 0 Å². The molecule has 0 aliphatic heterocycles. The summed E-state index contributed by atoms with van der Waals surface area (Å²) in [5, 5.41) is 3.21. The molecular weight excluding hydrogens is 251 g/mol. The lowest BCUT2D eigenvalue weighted by atomic mass is 10.1. The Bertz CT molecular complexity index is 551. The third-order valence-electron chi connectivity index (χ3n) is 3.63. The number of anilines is 1.